The zero-order chi connectivity index (χ0) is 14.5. The van der Waals surface area contributed by atoms with Gasteiger partial charge in [-0.25, -0.2) is 4.79 Å². The fourth-order valence-electron chi connectivity index (χ4n) is 1.84. The van der Waals surface area contributed by atoms with Crippen molar-refractivity contribution >= 4 is 17.0 Å². The van der Waals surface area contributed by atoms with E-state index >= 15 is 0 Å². The number of benzene rings is 1. The summed E-state index contributed by atoms with van der Waals surface area (Å²) in [6.07, 6.45) is 3.68. The van der Waals surface area contributed by atoms with Crippen LogP contribution < -0.4 is 10.4 Å². The van der Waals surface area contributed by atoms with Crippen LogP contribution in [0.3, 0.4) is 0 Å². The van der Waals surface area contributed by atoms with Crippen LogP contribution in [0.5, 0.6) is 11.5 Å². The fraction of sp³-hybridized carbons (Fsp3) is 0.267. The lowest BCUT2D eigenvalue weighted by atomic mass is 10.1. The molecule has 0 saturated carbocycles. The quantitative estimate of drug-likeness (QED) is 0.647. The second-order valence-electron chi connectivity index (χ2n) is 4.24. The molecule has 20 heavy (non-hydrogen) atoms. The Bertz CT molecular complexity index is 684. The number of fused-ring (bicyclic) bond motifs is 1. The van der Waals surface area contributed by atoms with Crippen molar-refractivity contribution in [3.63, 3.8) is 0 Å². The van der Waals surface area contributed by atoms with Crippen LogP contribution in [0, 0.1) is 0 Å². The number of aromatic hydroxyl groups is 1. The largest absolute Gasteiger partial charge is 0.506 e. The molecule has 0 spiro atoms. The molecule has 5 heteroatoms. The second-order valence-corrected chi connectivity index (χ2v) is 4.24. The first kappa shape index (κ1) is 14.1. The minimum absolute atomic E-state index is 0.0518. The highest BCUT2D eigenvalue weighted by atomic mass is 16.5. The summed E-state index contributed by atoms with van der Waals surface area (Å²) in [5.41, 5.74) is -0.197. The molecule has 0 aliphatic rings. The third kappa shape index (κ3) is 2.83. The van der Waals surface area contributed by atoms with Crippen molar-refractivity contribution in [1.82, 2.24) is 0 Å². The number of hydrogen-bond donors (Lipinski definition) is 2. The van der Waals surface area contributed by atoms with E-state index in [2.05, 4.69) is 0 Å². The van der Waals surface area contributed by atoms with Gasteiger partial charge < -0.3 is 19.4 Å². The topological polar surface area (TPSA) is 79.9 Å². The van der Waals surface area contributed by atoms with E-state index in [0.717, 1.165) is 0 Å². The van der Waals surface area contributed by atoms with Gasteiger partial charge in [0.1, 0.15) is 22.6 Å². The molecule has 0 fully saturated rings. The van der Waals surface area contributed by atoms with E-state index in [0.29, 0.717) is 24.2 Å². The lowest BCUT2D eigenvalue weighted by Crippen LogP contribution is -2.04. The summed E-state index contributed by atoms with van der Waals surface area (Å²) in [6.45, 7) is 2.17. The average molecular weight is 276 g/mol. The summed E-state index contributed by atoms with van der Waals surface area (Å²) >= 11 is 0. The lowest BCUT2D eigenvalue weighted by molar-refractivity contribution is 0.233. The van der Waals surface area contributed by atoms with Gasteiger partial charge in [-0.3, -0.25) is 0 Å². The van der Waals surface area contributed by atoms with Gasteiger partial charge in [0.15, 0.2) is 0 Å². The molecule has 106 valence electrons. The first-order chi connectivity index (χ1) is 9.67. The maximum absolute atomic E-state index is 11.8. The van der Waals surface area contributed by atoms with Gasteiger partial charge in [0.05, 0.1) is 12.0 Å². The Balaban J connectivity index is 2.44. The molecule has 2 aromatic rings. The molecule has 0 bridgehead atoms. The first-order valence-corrected chi connectivity index (χ1v) is 6.33. The minimum Gasteiger partial charge on any atom is -0.506 e. The molecule has 0 atom stereocenters. The van der Waals surface area contributed by atoms with E-state index in [-0.39, 0.29) is 23.5 Å². The maximum atomic E-state index is 11.8. The molecule has 0 aliphatic carbocycles. The maximum Gasteiger partial charge on any atom is 0.347 e. The molecule has 0 amide bonds. The molecular formula is C15H16O5. The summed E-state index contributed by atoms with van der Waals surface area (Å²) in [5, 5.41) is 19.2. The molecule has 0 aliphatic heterocycles. The van der Waals surface area contributed by atoms with Gasteiger partial charge in [-0.2, -0.15) is 0 Å². The van der Waals surface area contributed by atoms with Crippen molar-refractivity contribution in [2.75, 3.05) is 13.2 Å². The predicted octanol–water partition coefficient (Wildman–Crippen LogP) is 2.29. The Kier molecular flexibility index (Phi) is 4.42. The number of aliphatic hydroxyl groups is 1. The Labute approximate surface area is 115 Å². The molecule has 0 unspecified atom stereocenters. The Morgan fingerprint density at radius 3 is 2.90 bits per heavy atom. The Morgan fingerprint density at radius 2 is 2.20 bits per heavy atom. The number of allylic oxidation sites excluding steroid dienone is 1. The summed E-state index contributed by atoms with van der Waals surface area (Å²) in [7, 11) is 0. The Morgan fingerprint density at radius 1 is 1.40 bits per heavy atom. The second kappa shape index (κ2) is 6.25. The fourth-order valence-corrected chi connectivity index (χ4v) is 1.84. The van der Waals surface area contributed by atoms with Crippen LogP contribution in [-0.2, 0) is 0 Å². The summed E-state index contributed by atoms with van der Waals surface area (Å²) < 4.78 is 10.6. The van der Waals surface area contributed by atoms with Gasteiger partial charge in [-0.05, 0) is 25.1 Å². The molecule has 2 N–H and O–H groups in total. The van der Waals surface area contributed by atoms with Gasteiger partial charge in [-0.1, -0.05) is 6.08 Å². The lowest BCUT2D eigenvalue weighted by Gasteiger charge is -2.07. The highest BCUT2D eigenvalue weighted by molar-refractivity contribution is 5.87. The third-order valence-corrected chi connectivity index (χ3v) is 2.79. The molecule has 1 heterocycles. The smallest absolute Gasteiger partial charge is 0.347 e. The molecule has 0 saturated heterocycles. The van der Waals surface area contributed by atoms with Crippen LogP contribution >= 0.6 is 0 Å². The molecule has 5 nitrogen and oxygen atoms in total. The zero-order valence-electron chi connectivity index (χ0n) is 11.1. The first-order valence-electron chi connectivity index (χ1n) is 6.33. The molecule has 1 aromatic carbocycles. The van der Waals surface area contributed by atoms with Gasteiger partial charge >= 0.3 is 5.63 Å². The van der Waals surface area contributed by atoms with Gasteiger partial charge in [0, 0.05) is 19.1 Å². The molecule has 1 aromatic heterocycles. The minimum atomic E-state index is -0.597. The van der Waals surface area contributed by atoms with E-state index in [1.54, 1.807) is 31.2 Å². The number of hydrogen-bond acceptors (Lipinski definition) is 5. The van der Waals surface area contributed by atoms with Crippen LogP contribution in [0.1, 0.15) is 18.9 Å². The number of aliphatic hydroxyl groups excluding tert-OH is 1. The highest BCUT2D eigenvalue weighted by Gasteiger charge is 2.12. The summed E-state index contributed by atoms with van der Waals surface area (Å²) in [5.74, 6) is 0.420. The van der Waals surface area contributed by atoms with Crippen molar-refractivity contribution in [2.45, 2.75) is 13.3 Å². The van der Waals surface area contributed by atoms with Crippen molar-refractivity contribution in [3.8, 4) is 11.5 Å². The number of ether oxygens (including phenoxy) is 1. The van der Waals surface area contributed by atoms with E-state index < -0.39 is 5.63 Å². The predicted molar refractivity (Wildman–Crippen MR) is 76.1 cm³/mol. The van der Waals surface area contributed by atoms with Crippen molar-refractivity contribution in [1.29, 1.82) is 0 Å². The van der Waals surface area contributed by atoms with Crippen LogP contribution in [0.4, 0.5) is 0 Å². The van der Waals surface area contributed by atoms with E-state index in [9.17, 15) is 9.90 Å². The van der Waals surface area contributed by atoms with Crippen molar-refractivity contribution < 1.29 is 19.4 Å². The van der Waals surface area contributed by atoms with E-state index in [1.807, 2.05) is 0 Å². The van der Waals surface area contributed by atoms with Gasteiger partial charge in [0.25, 0.3) is 0 Å². The van der Waals surface area contributed by atoms with Crippen LogP contribution in [0.15, 0.2) is 33.5 Å². The monoisotopic (exact) mass is 276 g/mol. The van der Waals surface area contributed by atoms with E-state index in [1.165, 1.54) is 6.08 Å². The molecule has 0 radical (unpaired) electrons. The van der Waals surface area contributed by atoms with Gasteiger partial charge in [0.2, 0.25) is 0 Å². The van der Waals surface area contributed by atoms with Crippen LogP contribution in [0.2, 0.25) is 0 Å². The Hall–Kier alpha value is -2.27. The normalized spacial score (nSPS) is 11.3. The van der Waals surface area contributed by atoms with E-state index in [4.69, 9.17) is 14.3 Å². The average Bonchev–Trinajstić information content (AvgIpc) is 2.43. The summed E-state index contributed by atoms with van der Waals surface area (Å²) in [6, 6.07) is 4.86. The zero-order valence-corrected chi connectivity index (χ0v) is 11.1. The highest BCUT2D eigenvalue weighted by Crippen LogP contribution is 2.29. The SMILES string of the molecule is CC=Cc1c(O)c2ccc(OCCCO)cc2oc1=O. The summed E-state index contributed by atoms with van der Waals surface area (Å²) in [4.78, 5) is 11.8. The van der Waals surface area contributed by atoms with Crippen LogP contribution in [-0.4, -0.2) is 23.4 Å². The van der Waals surface area contributed by atoms with Crippen molar-refractivity contribution in [2.24, 2.45) is 0 Å². The third-order valence-electron chi connectivity index (χ3n) is 2.79. The van der Waals surface area contributed by atoms with Gasteiger partial charge in [-0.15, -0.1) is 0 Å². The molecular weight excluding hydrogens is 260 g/mol. The standard InChI is InChI=1S/C15H16O5/c1-2-4-12-14(17)11-6-5-10(19-8-3-7-16)9-13(11)20-15(12)18/h2,4-6,9,16-17H,3,7-8H2,1H3. The number of rotatable bonds is 5. The van der Waals surface area contributed by atoms with Crippen molar-refractivity contribution in [3.05, 3.63) is 40.3 Å². The van der Waals surface area contributed by atoms with Crippen LogP contribution in [0.25, 0.3) is 17.0 Å². The molecule has 2 rings (SSSR count).